The number of carbonyl (C=O) groups is 1. The third-order valence-corrected chi connectivity index (χ3v) is 3.35. The maximum atomic E-state index is 11.7. The molecule has 3 N–H and O–H groups in total. The molecule has 0 radical (unpaired) electrons. The largest absolute Gasteiger partial charge is 0.452 e. The highest BCUT2D eigenvalue weighted by Gasteiger charge is 2.34. The minimum atomic E-state index is -0.524. The second kappa shape index (κ2) is 4.23. The van der Waals surface area contributed by atoms with Crippen molar-refractivity contribution in [1.82, 2.24) is 14.8 Å². The van der Waals surface area contributed by atoms with E-state index in [1.807, 2.05) is 0 Å². The number of allylic oxidation sites excluding steroid dienone is 1. The van der Waals surface area contributed by atoms with Gasteiger partial charge in [-0.25, -0.2) is 4.68 Å². The maximum Gasteiger partial charge on any atom is 0.249 e. The molecule has 3 rings (SSSR count). The highest BCUT2D eigenvalue weighted by molar-refractivity contribution is 9.10. The van der Waals surface area contributed by atoms with Crippen molar-refractivity contribution in [2.45, 2.75) is 13.0 Å². The van der Waals surface area contributed by atoms with Crippen molar-refractivity contribution in [3.05, 3.63) is 40.2 Å². The fourth-order valence-corrected chi connectivity index (χ4v) is 2.47. The third-order valence-electron chi connectivity index (χ3n) is 2.92. The van der Waals surface area contributed by atoms with Crippen molar-refractivity contribution >= 4 is 27.8 Å². The summed E-state index contributed by atoms with van der Waals surface area (Å²) in [7, 11) is 0. The van der Waals surface area contributed by atoms with Crippen LogP contribution in [0, 0.1) is 0 Å². The average Bonchev–Trinajstić information content (AvgIpc) is 2.95. The lowest BCUT2D eigenvalue weighted by Gasteiger charge is -2.25. The molecule has 2 aromatic heterocycles. The lowest BCUT2D eigenvalue weighted by atomic mass is 10.0. The van der Waals surface area contributed by atoms with Gasteiger partial charge in [0.05, 0.1) is 5.57 Å². The van der Waals surface area contributed by atoms with Crippen LogP contribution in [-0.4, -0.2) is 20.7 Å². The smallest absolute Gasteiger partial charge is 0.249 e. The molecule has 1 aliphatic heterocycles. The minimum Gasteiger partial charge on any atom is -0.452 e. The van der Waals surface area contributed by atoms with Crippen LogP contribution in [0.5, 0.6) is 0 Å². The molecule has 0 saturated carbocycles. The van der Waals surface area contributed by atoms with Crippen LogP contribution < -0.4 is 11.1 Å². The molecule has 7 nitrogen and oxygen atoms in total. The fraction of sp³-hybridized carbons (Fsp3) is 0.182. The number of hydrogen-bond acceptors (Lipinski definition) is 5. The summed E-state index contributed by atoms with van der Waals surface area (Å²) < 4.78 is 7.68. The van der Waals surface area contributed by atoms with Crippen LogP contribution in [0.15, 0.2) is 38.8 Å². The Labute approximate surface area is 116 Å². The van der Waals surface area contributed by atoms with Gasteiger partial charge in [-0.2, -0.15) is 10.1 Å². The van der Waals surface area contributed by atoms with Gasteiger partial charge in [0.25, 0.3) is 0 Å². The summed E-state index contributed by atoms with van der Waals surface area (Å²) in [6.07, 6.45) is 1.41. The SMILES string of the molecule is CC1=C(C(N)=O)C(c2ccc(Br)o2)n2ncnc2N1. The van der Waals surface area contributed by atoms with Crippen molar-refractivity contribution in [3.63, 3.8) is 0 Å². The molecule has 8 heteroatoms. The number of halogens is 1. The van der Waals surface area contributed by atoms with Gasteiger partial charge < -0.3 is 15.5 Å². The molecular weight excluding hydrogens is 314 g/mol. The first-order valence-corrected chi connectivity index (χ1v) is 6.29. The Hall–Kier alpha value is -2.09. The monoisotopic (exact) mass is 323 g/mol. The number of primary amides is 1. The number of aromatic nitrogens is 3. The van der Waals surface area contributed by atoms with Crippen LogP contribution in [0.25, 0.3) is 0 Å². The van der Waals surface area contributed by atoms with Gasteiger partial charge in [-0.15, -0.1) is 0 Å². The van der Waals surface area contributed by atoms with Crippen LogP contribution in [0.2, 0.25) is 0 Å². The number of carbonyl (C=O) groups excluding carboxylic acids is 1. The molecular formula is C11H10BrN5O2. The van der Waals surface area contributed by atoms with Crippen LogP contribution in [0.1, 0.15) is 18.7 Å². The van der Waals surface area contributed by atoms with Crippen molar-refractivity contribution in [2.24, 2.45) is 5.73 Å². The lowest BCUT2D eigenvalue weighted by Crippen LogP contribution is -2.31. The maximum absolute atomic E-state index is 11.7. The Balaban J connectivity index is 2.20. The van der Waals surface area contributed by atoms with E-state index in [0.717, 1.165) is 0 Å². The second-order valence-corrected chi connectivity index (χ2v) is 4.88. The van der Waals surface area contributed by atoms with Gasteiger partial charge in [0, 0.05) is 5.70 Å². The van der Waals surface area contributed by atoms with Crippen LogP contribution >= 0.6 is 15.9 Å². The molecule has 2 aromatic rings. The molecule has 0 aliphatic carbocycles. The Morgan fingerprint density at radius 1 is 1.58 bits per heavy atom. The summed E-state index contributed by atoms with van der Waals surface area (Å²) in [5, 5.41) is 7.11. The van der Waals surface area contributed by atoms with E-state index in [2.05, 4.69) is 31.3 Å². The van der Waals surface area contributed by atoms with Gasteiger partial charge in [-0.05, 0) is 35.0 Å². The number of amides is 1. The first kappa shape index (κ1) is 12.0. The quantitative estimate of drug-likeness (QED) is 0.870. The molecule has 1 amide bonds. The van der Waals surface area contributed by atoms with Gasteiger partial charge in [0.1, 0.15) is 18.1 Å². The topological polar surface area (TPSA) is 99.0 Å². The minimum absolute atomic E-state index is 0.403. The molecule has 0 saturated heterocycles. The van der Waals surface area contributed by atoms with E-state index in [0.29, 0.717) is 27.6 Å². The van der Waals surface area contributed by atoms with Gasteiger partial charge in [-0.3, -0.25) is 4.79 Å². The van der Waals surface area contributed by atoms with Crippen LogP contribution in [0.3, 0.4) is 0 Å². The average molecular weight is 324 g/mol. The van der Waals surface area contributed by atoms with Crippen molar-refractivity contribution in [1.29, 1.82) is 0 Å². The van der Waals surface area contributed by atoms with Crippen molar-refractivity contribution in [2.75, 3.05) is 5.32 Å². The van der Waals surface area contributed by atoms with E-state index in [9.17, 15) is 4.79 Å². The number of nitrogens with zero attached hydrogens (tertiary/aromatic N) is 3. The van der Waals surface area contributed by atoms with Crippen molar-refractivity contribution < 1.29 is 9.21 Å². The number of furan rings is 1. The summed E-state index contributed by atoms with van der Waals surface area (Å²) >= 11 is 3.24. The zero-order valence-corrected chi connectivity index (χ0v) is 11.5. The van der Waals surface area contributed by atoms with Crippen LogP contribution in [-0.2, 0) is 4.79 Å². The molecule has 0 fully saturated rings. The number of nitrogens with two attached hydrogens (primary N) is 1. The normalized spacial score (nSPS) is 18.1. The number of fused-ring (bicyclic) bond motifs is 1. The zero-order valence-electron chi connectivity index (χ0n) is 9.92. The second-order valence-electron chi connectivity index (χ2n) is 4.10. The van der Waals surface area contributed by atoms with E-state index < -0.39 is 11.9 Å². The van der Waals surface area contributed by atoms with Gasteiger partial charge in [0.2, 0.25) is 11.9 Å². The molecule has 19 heavy (non-hydrogen) atoms. The number of hydrogen-bond donors (Lipinski definition) is 2. The van der Waals surface area contributed by atoms with Crippen LogP contribution in [0.4, 0.5) is 5.95 Å². The van der Waals surface area contributed by atoms with E-state index >= 15 is 0 Å². The summed E-state index contributed by atoms with van der Waals surface area (Å²) in [5.74, 6) is 0.581. The number of nitrogens with one attached hydrogen (secondary N) is 1. The number of anilines is 1. The highest BCUT2D eigenvalue weighted by Crippen LogP contribution is 2.35. The molecule has 0 bridgehead atoms. The van der Waals surface area contributed by atoms with E-state index in [-0.39, 0.29) is 0 Å². The molecule has 1 aliphatic rings. The summed E-state index contributed by atoms with van der Waals surface area (Å²) in [6.45, 7) is 1.77. The molecule has 1 atom stereocenters. The number of rotatable bonds is 2. The first-order chi connectivity index (χ1) is 9.08. The van der Waals surface area contributed by atoms with E-state index in [1.54, 1.807) is 23.7 Å². The third kappa shape index (κ3) is 1.84. The van der Waals surface area contributed by atoms with Gasteiger partial charge >= 0.3 is 0 Å². The summed E-state index contributed by atoms with van der Waals surface area (Å²) in [6, 6.07) is 3.01. The van der Waals surface area contributed by atoms with Crippen molar-refractivity contribution in [3.8, 4) is 0 Å². The molecule has 0 spiro atoms. The lowest BCUT2D eigenvalue weighted by molar-refractivity contribution is -0.115. The molecule has 3 heterocycles. The Morgan fingerprint density at radius 3 is 3.00 bits per heavy atom. The molecule has 1 unspecified atom stereocenters. The molecule has 0 aromatic carbocycles. The Kier molecular flexibility index (Phi) is 2.67. The Morgan fingerprint density at radius 2 is 2.37 bits per heavy atom. The van der Waals surface area contributed by atoms with E-state index in [1.165, 1.54) is 6.33 Å². The zero-order chi connectivity index (χ0) is 13.6. The highest BCUT2D eigenvalue weighted by atomic mass is 79.9. The fourth-order valence-electron chi connectivity index (χ4n) is 2.15. The van der Waals surface area contributed by atoms with Gasteiger partial charge in [-0.1, -0.05) is 0 Å². The standard InChI is InChI=1S/C11H10BrN5O2/c1-5-8(10(13)18)9(6-2-3-7(12)19-6)17-11(16-5)14-4-15-17/h2-4,9H,1H3,(H2,13,18)(H,14,15,16). The summed E-state index contributed by atoms with van der Waals surface area (Å²) in [5.41, 5.74) is 6.51. The van der Waals surface area contributed by atoms with Gasteiger partial charge in [0.15, 0.2) is 4.67 Å². The predicted molar refractivity (Wildman–Crippen MR) is 70.1 cm³/mol. The summed E-state index contributed by atoms with van der Waals surface area (Å²) in [4.78, 5) is 15.8. The predicted octanol–water partition coefficient (Wildman–Crippen LogP) is 1.41. The van der Waals surface area contributed by atoms with E-state index in [4.69, 9.17) is 10.2 Å². The first-order valence-electron chi connectivity index (χ1n) is 5.50. The molecule has 98 valence electrons. The Bertz CT molecular complexity index is 687.